The maximum atomic E-state index is 5.48. The Morgan fingerprint density at radius 3 is 2.67 bits per heavy atom. The standard InChI is InChI=1S/C18H26N4OS/c1-11-7-8-16(23-6)15(9-11)12(2)22-18(19-5)20-10-17-13(3)21-14(4)24-17/h7-9,12H,10H2,1-6H3,(H2,19,20,22). The van der Waals surface area contributed by atoms with Crippen molar-refractivity contribution >= 4 is 17.3 Å². The van der Waals surface area contributed by atoms with Crippen LogP contribution in [0.1, 0.15) is 39.7 Å². The van der Waals surface area contributed by atoms with Crippen LogP contribution in [-0.4, -0.2) is 25.1 Å². The van der Waals surface area contributed by atoms with Gasteiger partial charge in [0, 0.05) is 17.5 Å². The minimum Gasteiger partial charge on any atom is -0.496 e. The highest BCUT2D eigenvalue weighted by atomic mass is 32.1. The molecule has 6 heteroatoms. The monoisotopic (exact) mass is 346 g/mol. The molecule has 0 aliphatic carbocycles. The molecule has 2 N–H and O–H groups in total. The summed E-state index contributed by atoms with van der Waals surface area (Å²) >= 11 is 1.71. The zero-order chi connectivity index (χ0) is 17.7. The molecule has 130 valence electrons. The van der Waals surface area contributed by atoms with Crippen LogP contribution < -0.4 is 15.4 Å². The SMILES string of the molecule is CN=C(NCc1sc(C)nc1C)NC(C)c1cc(C)ccc1OC. The summed E-state index contributed by atoms with van der Waals surface area (Å²) in [7, 11) is 3.48. The molecule has 0 amide bonds. The van der Waals surface area contributed by atoms with E-state index in [2.05, 4.69) is 46.6 Å². The molecule has 0 aliphatic heterocycles. The van der Waals surface area contributed by atoms with Gasteiger partial charge in [0.05, 0.1) is 30.4 Å². The molecule has 0 aliphatic rings. The van der Waals surface area contributed by atoms with E-state index < -0.39 is 0 Å². The van der Waals surface area contributed by atoms with Gasteiger partial charge in [-0.2, -0.15) is 0 Å². The number of benzene rings is 1. The first-order valence-corrected chi connectivity index (χ1v) is 8.80. The number of guanidine groups is 1. The number of aryl methyl sites for hydroxylation is 3. The van der Waals surface area contributed by atoms with Crippen molar-refractivity contribution in [1.82, 2.24) is 15.6 Å². The van der Waals surface area contributed by atoms with Crippen LogP contribution >= 0.6 is 11.3 Å². The van der Waals surface area contributed by atoms with Gasteiger partial charge in [-0.05, 0) is 33.8 Å². The van der Waals surface area contributed by atoms with E-state index in [1.54, 1.807) is 25.5 Å². The molecule has 0 saturated carbocycles. The fourth-order valence-corrected chi connectivity index (χ4v) is 3.45. The highest BCUT2D eigenvalue weighted by molar-refractivity contribution is 7.11. The molecule has 5 nitrogen and oxygen atoms in total. The van der Waals surface area contributed by atoms with Crippen molar-refractivity contribution in [2.24, 2.45) is 4.99 Å². The number of aromatic nitrogens is 1. The van der Waals surface area contributed by atoms with Gasteiger partial charge >= 0.3 is 0 Å². The Hall–Kier alpha value is -2.08. The van der Waals surface area contributed by atoms with Crippen LogP contribution in [0.2, 0.25) is 0 Å². The molecule has 0 saturated heterocycles. The topological polar surface area (TPSA) is 58.5 Å². The Balaban J connectivity index is 2.05. The van der Waals surface area contributed by atoms with E-state index in [9.17, 15) is 0 Å². The third-order valence-electron chi connectivity index (χ3n) is 3.84. The summed E-state index contributed by atoms with van der Waals surface area (Å²) in [6.07, 6.45) is 0. The van der Waals surface area contributed by atoms with E-state index >= 15 is 0 Å². The first-order valence-electron chi connectivity index (χ1n) is 7.99. The summed E-state index contributed by atoms with van der Waals surface area (Å²) < 4.78 is 5.48. The number of rotatable bonds is 5. The van der Waals surface area contributed by atoms with E-state index in [0.29, 0.717) is 6.54 Å². The maximum Gasteiger partial charge on any atom is 0.191 e. The second-order valence-electron chi connectivity index (χ2n) is 5.78. The zero-order valence-corrected chi connectivity index (χ0v) is 16.0. The predicted molar refractivity (Wildman–Crippen MR) is 101 cm³/mol. The molecule has 2 aromatic rings. The Morgan fingerprint density at radius 1 is 1.33 bits per heavy atom. The molecular weight excluding hydrogens is 320 g/mol. The summed E-state index contributed by atoms with van der Waals surface area (Å²) in [6, 6.07) is 6.27. The molecule has 1 aromatic heterocycles. The largest absolute Gasteiger partial charge is 0.496 e. The average Bonchev–Trinajstić information content (AvgIpc) is 2.88. The molecule has 0 fully saturated rings. The molecule has 24 heavy (non-hydrogen) atoms. The summed E-state index contributed by atoms with van der Waals surface area (Å²) in [5.41, 5.74) is 3.40. The van der Waals surface area contributed by atoms with Crippen LogP contribution in [0.3, 0.4) is 0 Å². The van der Waals surface area contributed by atoms with Crippen molar-refractivity contribution in [1.29, 1.82) is 0 Å². The van der Waals surface area contributed by atoms with Gasteiger partial charge in [-0.1, -0.05) is 17.7 Å². The third kappa shape index (κ3) is 4.47. The smallest absolute Gasteiger partial charge is 0.191 e. The lowest BCUT2D eigenvalue weighted by atomic mass is 10.0. The van der Waals surface area contributed by atoms with Gasteiger partial charge in [0.2, 0.25) is 0 Å². The molecule has 2 rings (SSSR count). The van der Waals surface area contributed by atoms with E-state index in [1.807, 2.05) is 19.9 Å². The predicted octanol–water partition coefficient (Wildman–Crippen LogP) is 3.50. The first-order chi connectivity index (χ1) is 11.4. The van der Waals surface area contributed by atoms with Crippen LogP contribution in [0.4, 0.5) is 0 Å². The Morgan fingerprint density at radius 2 is 2.08 bits per heavy atom. The summed E-state index contributed by atoms with van der Waals surface area (Å²) in [4.78, 5) is 10.0. The van der Waals surface area contributed by atoms with Gasteiger partial charge in [-0.25, -0.2) is 4.98 Å². The number of aliphatic imine (C=N–C) groups is 1. The van der Waals surface area contributed by atoms with Crippen molar-refractivity contribution in [2.45, 2.75) is 40.3 Å². The van der Waals surface area contributed by atoms with Crippen LogP contribution in [0.5, 0.6) is 5.75 Å². The minimum absolute atomic E-state index is 0.0790. The average molecular weight is 347 g/mol. The van der Waals surface area contributed by atoms with Crippen LogP contribution in [0.15, 0.2) is 23.2 Å². The van der Waals surface area contributed by atoms with E-state index in [0.717, 1.165) is 28.0 Å². The number of hydrogen-bond donors (Lipinski definition) is 2. The maximum absolute atomic E-state index is 5.48. The van der Waals surface area contributed by atoms with Crippen molar-refractivity contribution in [3.63, 3.8) is 0 Å². The number of methoxy groups -OCH3 is 1. The zero-order valence-electron chi connectivity index (χ0n) is 15.2. The highest BCUT2D eigenvalue weighted by Crippen LogP contribution is 2.26. The number of nitrogens with zero attached hydrogens (tertiary/aromatic N) is 2. The van der Waals surface area contributed by atoms with Gasteiger partial charge in [0.1, 0.15) is 5.75 Å². The van der Waals surface area contributed by atoms with Crippen LogP contribution in [-0.2, 0) is 6.54 Å². The summed E-state index contributed by atoms with van der Waals surface area (Å²) in [6.45, 7) is 8.97. The van der Waals surface area contributed by atoms with Crippen LogP contribution in [0, 0.1) is 20.8 Å². The third-order valence-corrected chi connectivity index (χ3v) is 4.92. The molecule has 0 radical (unpaired) electrons. The quantitative estimate of drug-likeness (QED) is 0.642. The normalized spacial score (nSPS) is 12.8. The van der Waals surface area contributed by atoms with E-state index in [4.69, 9.17) is 4.74 Å². The highest BCUT2D eigenvalue weighted by Gasteiger charge is 2.14. The van der Waals surface area contributed by atoms with Crippen molar-refractivity contribution in [3.05, 3.63) is 44.9 Å². The van der Waals surface area contributed by atoms with Gasteiger partial charge < -0.3 is 15.4 Å². The molecule has 0 spiro atoms. The van der Waals surface area contributed by atoms with Crippen molar-refractivity contribution in [3.8, 4) is 5.75 Å². The minimum atomic E-state index is 0.0790. The lowest BCUT2D eigenvalue weighted by molar-refractivity contribution is 0.405. The second kappa shape index (κ2) is 8.15. The fraction of sp³-hybridized carbons (Fsp3) is 0.444. The number of nitrogens with one attached hydrogen (secondary N) is 2. The Kier molecular flexibility index (Phi) is 6.20. The lowest BCUT2D eigenvalue weighted by Gasteiger charge is -2.20. The molecule has 1 unspecified atom stereocenters. The second-order valence-corrected chi connectivity index (χ2v) is 7.07. The number of ether oxygens (including phenoxy) is 1. The fourth-order valence-electron chi connectivity index (χ4n) is 2.57. The van der Waals surface area contributed by atoms with Gasteiger partial charge in [0.15, 0.2) is 5.96 Å². The van der Waals surface area contributed by atoms with Crippen molar-refractivity contribution < 1.29 is 4.74 Å². The molecule has 1 heterocycles. The van der Waals surface area contributed by atoms with Crippen LogP contribution in [0.25, 0.3) is 0 Å². The number of thiazole rings is 1. The van der Waals surface area contributed by atoms with Gasteiger partial charge in [-0.15, -0.1) is 11.3 Å². The molecule has 1 aromatic carbocycles. The lowest BCUT2D eigenvalue weighted by Crippen LogP contribution is -2.38. The van der Waals surface area contributed by atoms with E-state index in [1.165, 1.54) is 10.4 Å². The summed E-state index contributed by atoms with van der Waals surface area (Å²) in [5, 5.41) is 7.87. The molecule has 0 bridgehead atoms. The number of hydrogen-bond acceptors (Lipinski definition) is 4. The van der Waals surface area contributed by atoms with E-state index in [-0.39, 0.29) is 6.04 Å². The van der Waals surface area contributed by atoms with Gasteiger partial charge in [-0.3, -0.25) is 4.99 Å². The Labute approximate surface area is 148 Å². The molecule has 1 atom stereocenters. The summed E-state index contributed by atoms with van der Waals surface area (Å²) in [5.74, 6) is 1.64. The van der Waals surface area contributed by atoms with Gasteiger partial charge in [0.25, 0.3) is 0 Å². The first kappa shape index (κ1) is 18.3. The Bertz CT molecular complexity index is 724. The molecular formula is C18H26N4OS. The van der Waals surface area contributed by atoms with Crippen molar-refractivity contribution in [2.75, 3.05) is 14.2 Å².